The minimum absolute atomic E-state index is 0.159. The first kappa shape index (κ1) is 14.6. The van der Waals surface area contributed by atoms with Crippen LogP contribution < -0.4 is 5.32 Å². The molecule has 0 aliphatic carbocycles. The zero-order chi connectivity index (χ0) is 14.7. The van der Waals surface area contributed by atoms with Crippen molar-refractivity contribution >= 4 is 34.7 Å². The maximum atomic E-state index is 11.0. The molecular formula is C13H11Cl2N3O2. The van der Waals surface area contributed by atoms with Gasteiger partial charge in [-0.2, -0.15) is 0 Å². The third-order valence-corrected chi connectivity index (χ3v) is 3.31. The fourth-order valence-corrected chi connectivity index (χ4v) is 2.24. The third-order valence-electron chi connectivity index (χ3n) is 2.76. The Kier molecular flexibility index (Phi) is 4.42. The van der Waals surface area contributed by atoms with Crippen LogP contribution in [0.3, 0.4) is 0 Å². The van der Waals surface area contributed by atoms with E-state index in [0.717, 1.165) is 5.56 Å². The van der Waals surface area contributed by atoms with E-state index in [1.807, 2.05) is 25.1 Å². The minimum Gasteiger partial charge on any atom is -0.358 e. The Morgan fingerprint density at radius 3 is 2.70 bits per heavy atom. The fraction of sp³-hybridized carbons (Fsp3) is 0.154. The second-order valence-electron chi connectivity index (χ2n) is 4.17. The van der Waals surface area contributed by atoms with E-state index in [1.54, 1.807) is 6.07 Å². The SMILES string of the molecule is CC(Nc1ncc(Cl)cc1[N+](=O)[O-])c1ccccc1Cl. The van der Waals surface area contributed by atoms with E-state index in [-0.39, 0.29) is 22.6 Å². The molecule has 1 heterocycles. The summed E-state index contributed by atoms with van der Waals surface area (Å²) in [6.07, 6.45) is 1.36. The van der Waals surface area contributed by atoms with E-state index in [9.17, 15) is 10.1 Å². The van der Waals surface area contributed by atoms with Crippen LogP contribution in [0.4, 0.5) is 11.5 Å². The van der Waals surface area contributed by atoms with E-state index in [1.165, 1.54) is 12.3 Å². The van der Waals surface area contributed by atoms with Gasteiger partial charge in [-0.1, -0.05) is 41.4 Å². The molecule has 0 saturated heterocycles. The summed E-state index contributed by atoms with van der Waals surface area (Å²) in [5.41, 5.74) is 0.664. The van der Waals surface area contributed by atoms with Crippen molar-refractivity contribution in [1.82, 2.24) is 4.98 Å². The molecule has 0 bridgehead atoms. The monoisotopic (exact) mass is 311 g/mol. The average Bonchev–Trinajstić information content (AvgIpc) is 2.41. The van der Waals surface area contributed by atoms with Gasteiger partial charge in [-0.05, 0) is 18.6 Å². The van der Waals surface area contributed by atoms with E-state index >= 15 is 0 Å². The van der Waals surface area contributed by atoms with Gasteiger partial charge in [-0.15, -0.1) is 0 Å². The van der Waals surface area contributed by atoms with Crippen LogP contribution in [0.2, 0.25) is 10.0 Å². The Balaban J connectivity index is 2.31. The molecule has 7 heteroatoms. The lowest BCUT2D eigenvalue weighted by Gasteiger charge is -2.16. The number of anilines is 1. The quantitative estimate of drug-likeness (QED) is 0.668. The zero-order valence-electron chi connectivity index (χ0n) is 10.5. The van der Waals surface area contributed by atoms with Crippen molar-refractivity contribution in [2.75, 3.05) is 5.32 Å². The van der Waals surface area contributed by atoms with Gasteiger partial charge in [0, 0.05) is 17.3 Å². The molecule has 2 rings (SSSR count). The highest BCUT2D eigenvalue weighted by Crippen LogP contribution is 2.30. The van der Waals surface area contributed by atoms with E-state index in [2.05, 4.69) is 10.3 Å². The number of benzene rings is 1. The molecule has 1 N–H and O–H groups in total. The lowest BCUT2D eigenvalue weighted by atomic mass is 10.1. The zero-order valence-corrected chi connectivity index (χ0v) is 12.0. The molecule has 0 radical (unpaired) electrons. The molecule has 1 atom stereocenters. The lowest BCUT2D eigenvalue weighted by molar-refractivity contribution is -0.384. The topological polar surface area (TPSA) is 68.1 Å². The number of nitrogens with one attached hydrogen (secondary N) is 1. The van der Waals surface area contributed by atoms with Gasteiger partial charge in [-0.25, -0.2) is 4.98 Å². The first-order valence-corrected chi connectivity index (χ1v) is 6.55. The normalized spacial score (nSPS) is 11.9. The molecule has 1 aromatic carbocycles. The molecule has 0 aliphatic heterocycles. The summed E-state index contributed by atoms with van der Waals surface area (Å²) in [4.78, 5) is 14.4. The largest absolute Gasteiger partial charge is 0.358 e. The highest BCUT2D eigenvalue weighted by Gasteiger charge is 2.19. The number of nitrogens with zero attached hydrogens (tertiary/aromatic N) is 2. The summed E-state index contributed by atoms with van der Waals surface area (Å²) in [5, 5.41) is 14.8. The summed E-state index contributed by atoms with van der Waals surface area (Å²) in [5.74, 6) is 0.159. The van der Waals surface area contributed by atoms with Gasteiger partial charge in [0.05, 0.1) is 16.0 Å². The molecule has 5 nitrogen and oxygen atoms in total. The van der Waals surface area contributed by atoms with Crippen LogP contribution >= 0.6 is 23.2 Å². The fourth-order valence-electron chi connectivity index (χ4n) is 1.79. The highest BCUT2D eigenvalue weighted by molar-refractivity contribution is 6.31. The van der Waals surface area contributed by atoms with Gasteiger partial charge < -0.3 is 5.32 Å². The second-order valence-corrected chi connectivity index (χ2v) is 5.01. The number of aromatic nitrogens is 1. The van der Waals surface area contributed by atoms with Crippen molar-refractivity contribution in [3.8, 4) is 0 Å². The Morgan fingerprint density at radius 1 is 1.35 bits per heavy atom. The van der Waals surface area contributed by atoms with Crippen molar-refractivity contribution in [3.05, 3.63) is 62.3 Å². The van der Waals surface area contributed by atoms with Gasteiger partial charge in [-0.3, -0.25) is 10.1 Å². The van der Waals surface area contributed by atoms with Crippen molar-refractivity contribution in [2.24, 2.45) is 0 Å². The molecule has 0 aliphatic rings. The van der Waals surface area contributed by atoms with Crippen molar-refractivity contribution in [3.63, 3.8) is 0 Å². The van der Waals surface area contributed by atoms with Gasteiger partial charge >= 0.3 is 5.69 Å². The van der Waals surface area contributed by atoms with E-state index in [4.69, 9.17) is 23.2 Å². The Labute approximate surface area is 125 Å². The molecule has 0 amide bonds. The van der Waals surface area contributed by atoms with Crippen LogP contribution in [0.25, 0.3) is 0 Å². The van der Waals surface area contributed by atoms with Crippen LogP contribution in [0, 0.1) is 10.1 Å². The van der Waals surface area contributed by atoms with Gasteiger partial charge in [0.25, 0.3) is 0 Å². The molecule has 1 unspecified atom stereocenters. The minimum atomic E-state index is -0.527. The van der Waals surface area contributed by atoms with Gasteiger partial charge in [0.1, 0.15) is 0 Å². The van der Waals surface area contributed by atoms with Gasteiger partial charge in [0.2, 0.25) is 5.82 Å². The van der Waals surface area contributed by atoms with Crippen LogP contribution in [-0.2, 0) is 0 Å². The Hall–Kier alpha value is -1.85. The van der Waals surface area contributed by atoms with E-state index < -0.39 is 4.92 Å². The molecular weight excluding hydrogens is 301 g/mol. The van der Waals surface area contributed by atoms with Crippen molar-refractivity contribution in [1.29, 1.82) is 0 Å². The molecule has 1 aromatic heterocycles. The molecule has 0 fully saturated rings. The first-order chi connectivity index (χ1) is 9.49. The summed E-state index contributed by atoms with van der Waals surface area (Å²) < 4.78 is 0. The second kappa shape index (κ2) is 6.07. The molecule has 0 spiro atoms. The Morgan fingerprint density at radius 2 is 2.05 bits per heavy atom. The van der Waals surface area contributed by atoms with Crippen LogP contribution in [0.15, 0.2) is 36.5 Å². The number of hydrogen-bond acceptors (Lipinski definition) is 4. The first-order valence-electron chi connectivity index (χ1n) is 5.80. The number of hydrogen-bond donors (Lipinski definition) is 1. The van der Waals surface area contributed by atoms with Crippen molar-refractivity contribution in [2.45, 2.75) is 13.0 Å². The molecule has 0 saturated carbocycles. The maximum absolute atomic E-state index is 11.0. The Bertz CT molecular complexity index is 649. The third kappa shape index (κ3) is 3.18. The summed E-state index contributed by atoms with van der Waals surface area (Å²) in [6.45, 7) is 1.85. The smallest absolute Gasteiger partial charge is 0.312 e. The molecule has 104 valence electrons. The lowest BCUT2D eigenvalue weighted by Crippen LogP contribution is -2.10. The molecule has 2 aromatic rings. The number of nitro groups is 1. The summed E-state index contributed by atoms with van der Waals surface area (Å²) in [6, 6.07) is 8.32. The standard InChI is InChI=1S/C13H11Cl2N3O2/c1-8(10-4-2-3-5-11(10)15)17-13-12(18(19)20)6-9(14)7-16-13/h2-8H,1H3,(H,16,17). The predicted molar refractivity (Wildman–Crippen MR) is 79.4 cm³/mol. The summed E-state index contributed by atoms with van der Waals surface area (Å²) in [7, 11) is 0. The average molecular weight is 312 g/mol. The number of pyridine rings is 1. The van der Waals surface area contributed by atoms with Crippen LogP contribution in [0.5, 0.6) is 0 Å². The highest BCUT2D eigenvalue weighted by atomic mass is 35.5. The van der Waals surface area contributed by atoms with Crippen molar-refractivity contribution < 1.29 is 4.92 Å². The maximum Gasteiger partial charge on any atom is 0.312 e. The van der Waals surface area contributed by atoms with Gasteiger partial charge in [0.15, 0.2) is 0 Å². The van der Waals surface area contributed by atoms with Crippen LogP contribution in [0.1, 0.15) is 18.5 Å². The number of halogens is 2. The van der Waals surface area contributed by atoms with Crippen LogP contribution in [-0.4, -0.2) is 9.91 Å². The predicted octanol–water partition coefficient (Wildman–Crippen LogP) is 4.47. The van der Waals surface area contributed by atoms with E-state index in [0.29, 0.717) is 5.02 Å². The molecule has 20 heavy (non-hydrogen) atoms. The number of rotatable bonds is 4. The summed E-state index contributed by atoms with van der Waals surface area (Å²) >= 11 is 11.8.